The number of nitrogens with zero attached hydrogens (tertiary/aromatic N) is 1. The summed E-state index contributed by atoms with van der Waals surface area (Å²) in [5.41, 5.74) is 4.81. The molecular weight excluding hydrogens is 416 g/mol. The summed E-state index contributed by atoms with van der Waals surface area (Å²) in [5, 5.41) is 16.0. The van der Waals surface area contributed by atoms with Gasteiger partial charge < -0.3 is 9.84 Å². The van der Waals surface area contributed by atoms with Gasteiger partial charge in [0.25, 0.3) is 5.91 Å². The van der Waals surface area contributed by atoms with Crippen molar-refractivity contribution in [1.29, 1.82) is 0 Å². The van der Waals surface area contributed by atoms with Crippen LogP contribution in [0.4, 0.5) is 0 Å². The summed E-state index contributed by atoms with van der Waals surface area (Å²) in [4.78, 5) is 25.0. The molecule has 4 aromatic carbocycles. The summed E-state index contributed by atoms with van der Waals surface area (Å²) in [7, 11) is 0. The molecule has 4 aromatic rings. The highest BCUT2D eigenvalue weighted by atomic mass is 16.5. The zero-order valence-electron chi connectivity index (χ0n) is 17.9. The van der Waals surface area contributed by atoms with Gasteiger partial charge in [0.2, 0.25) is 0 Å². The van der Waals surface area contributed by atoms with Gasteiger partial charge in [0.05, 0.1) is 11.8 Å². The van der Waals surface area contributed by atoms with Gasteiger partial charge in [-0.2, -0.15) is 5.10 Å². The van der Waals surface area contributed by atoms with Crippen molar-refractivity contribution in [3.63, 3.8) is 0 Å². The Hall–Kier alpha value is -4.29. The van der Waals surface area contributed by atoms with E-state index < -0.39 is 18.0 Å². The number of carbonyl (C=O) groups is 2. The number of aliphatic hydroxyl groups excluding tert-OH is 1. The van der Waals surface area contributed by atoms with Crippen molar-refractivity contribution >= 4 is 28.9 Å². The van der Waals surface area contributed by atoms with Crippen molar-refractivity contribution in [2.75, 3.05) is 0 Å². The van der Waals surface area contributed by atoms with E-state index in [1.54, 1.807) is 48.5 Å². The summed E-state index contributed by atoms with van der Waals surface area (Å²) >= 11 is 0. The molecule has 0 radical (unpaired) electrons. The van der Waals surface area contributed by atoms with Gasteiger partial charge in [0.15, 0.2) is 6.10 Å². The van der Waals surface area contributed by atoms with Crippen LogP contribution in [-0.4, -0.2) is 23.2 Å². The van der Waals surface area contributed by atoms with E-state index in [0.29, 0.717) is 22.4 Å². The molecular formula is C27H22N2O4. The SMILES string of the molecule is Cc1ccc(C(=O)Oc2ccc3ccccc3c2C=NNC(=O)C(O)c2ccccc2)cc1. The van der Waals surface area contributed by atoms with Gasteiger partial charge in [-0.15, -0.1) is 0 Å². The molecule has 0 aliphatic carbocycles. The number of esters is 1. The van der Waals surface area contributed by atoms with Crippen molar-refractivity contribution in [2.45, 2.75) is 13.0 Å². The lowest BCUT2D eigenvalue weighted by molar-refractivity contribution is -0.129. The highest BCUT2D eigenvalue weighted by molar-refractivity contribution is 6.04. The van der Waals surface area contributed by atoms with Gasteiger partial charge in [0.1, 0.15) is 5.75 Å². The summed E-state index contributed by atoms with van der Waals surface area (Å²) in [6, 6.07) is 26.8. The van der Waals surface area contributed by atoms with Crippen molar-refractivity contribution in [2.24, 2.45) is 5.10 Å². The minimum absolute atomic E-state index is 0.306. The average molecular weight is 438 g/mol. The summed E-state index contributed by atoms with van der Waals surface area (Å²) in [5.74, 6) is -0.861. The second-order valence-electron chi connectivity index (χ2n) is 7.50. The maximum Gasteiger partial charge on any atom is 0.343 e. The molecule has 164 valence electrons. The van der Waals surface area contributed by atoms with Crippen LogP contribution >= 0.6 is 0 Å². The van der Waals surface area contributed by atoms with Crippen molar-refractivity contribution in [3.8, 4) is 5.75 Å². The van der Waals surface area contributed by atoms with Crippen molar-refractivity contribution in [1.82, 2.24) is 5.43 Å². The second-order valence-corrected chi connectivity index (χ2v) is 7.50. The van der Waals surface area contributed by atoms with Crippen molar-refractivity contribution in [3.05, 3.63) is 113 Å². The number of nitrogens with one attached hydrogen (secondary N) is 1. The van der Waals surface area contributed by atoms with E-state index in [1.807, 2.05) is 49.4 Å². The molecule has 4 rings (SSSR count). The van der Waals surface area contributed by atoms with E-state index in [4.69, 9.17) is 4.74 Å². The maximum atomic E-state index is 12.7. The first-order valence-electron chi connectivity index (χ1n) is 10.4. The number of hydrazone groups is 1. The molecule has 1 unspecified atom stereocenters. The van der Waals surface area contributed by atoms with Crippen LogP contribution in [0, 0.1) is 6.92 Å². The van der Waals surface area contributed by atoms with Crippen LogP contribution in [0.2, 0.25) is 0 Å². The van der Waals surface area contributed by atoms with Crippen LogP contribution in [0.25, 0.3) is 10.8 Å². The molecule has 0 heterocycles. The third-order valence-corrected chi connectivity index (χ3v) is 5.15. The summed E-state index contributed by atoms with van der Waals surface area (Å²) in [6.45, 7) is 1.94. The molecule has 0 spiro atoms. The van der Waals surface area contributed by atoms with Crippen LogP contribution in [0.15, 0.2) is 96.1 Å². The Kier molecular flexibility index (Phi) is 6.57. The van der Waals surface area contributed by atoms with Crippen LogP contribution in [-0.2, 0) is 4.79 Å². The number of rotatable bonds is 6. The van der Waals surface area contributed by atoms with Gasteiger partial charge in [-0.05, 0) is 41.5 Å². The molecule has 0 aromatic heterocycles. The molecule has 0 fully saturated rings. The maximum absolute atomic E-state index is 12.7. The zero-order chi connectivity index (χ0) is 23.2. The monoisotopic (exact) mass is 438 g/mol. The number of hydrogen-bond donors (Lipinski definition) is 2. The molecule has 0 saturated carbocycles. The fourth-order valence-electron chi connectivity index (χ4n) is 3.35. The average Bonchev–Trinajstić information content (AvgIpc) is 2.85. The lowest BCUT2D eigenvalue weighted by atomic mass is 10.0. The molecule has 0 saturated heterocycles. The van der Waals surface area contributed by atoms with Crippen LogP contribution < -0.4 is 10.2 Å². The number of benzene rings is 4. The molecule has 33 heavy (non-hydrogen) atoms. The lowest BCUT2D eigenvalue weighted by Crippen LogP contribution is -2.25. The van der Waals surface area contributed by atoms with E-state index in [0.717, 1.165) is 16.3 Å². The third kappa shape index (κ3) is 5.14. The number of carbonyl (C=O) groups excluding carboxylic acids is 2. The van der Waals surface area contributed by atoms with Gasteiger partial charge in [-0.1, -0.05) is 78.4 Å². The predicted octanol–water partition coefficient (Wildman–Crippen LogP) is 4.55. The smallest absolute Gasteiger partial charge is 0.343 e. The Labute approximate surface area is 191 Å². The fourth-order valence-corrected chi connectivity index (χ4v) is 3.35. The van der Waals surface area contributed by atoms with E-state index in [1.165, 1.54) is 6.21 Å². The van der Waals surface area contributed by atoms with E-state index >= 15 is 0 Å². The standard InChI is InChI=1S/C27H22N2O4/c1-18-11-13-21(14-12-18)27(32)33-24-16-15-19-7-5-6-10-22(19)23(24)17-28-29-26(31)25(30)20-8-3-2-4-9-20/h2-17,25,30H,1H3,(H,29,31). The first-order valence-corrected chi connectivity index (χ1v) is 10.4. The molecule has 6 nitrogen and oxygen atoms in total. The summed E-state index contributed by atoms with van der Waals surface area (Å²) in [6.07, 6.45) is 0.0603. The minimum atomic E-state index is -1.35. The van der Waals surface area contributed by atoms with Crippen LogP contribution in [0.1, 0.15) is 33.2 Å². The minimum Gasteiger partial charge on any atom is -0.422 e. The highest BCUT2D eigenvalue weighted by Gasteiger charge is 2.17. The third-order valence-electron chi connectivity index (χ3n) is 5.15. The largest absolute Gasteiger partial charge is 0.422 e. The topological polar surface area (TPSA) is 88.0 Å². The lowest BCUT2D eigenvalue weighted by Gasteiger charge is -2.11. The van der Waals surface area contributed by atoms with Gasteiger partial charge in [-0.25, -0.2) is 10.2 Å². The van der Waals surface area contributed by atoms with E-state index in [2.05, 4.69) is 10.5 Å². The van der Waals surface area contributed by atoms with Crippen LogP contribution in [0.5, 0.6) is 5.75 Å². The van der Waals surface area contributed by atoms with E-state index in [-0.39, 0.29) is 0 Å². The Morgan fingerprint density at radius 2 is 1.61 bits per heavy atom. The number of hydrogen-bond acceptors (Lipinski definition) is 5. The van der Waals surface area contributed by atoms with Gasteiger partial charge >= 0.3 is 5.97 Å². The molecule has 0 aliphatic heterocycles. The van der Waals surface area contributed by atoms with E-state index in [9.17, 15) is 14.7 Å². The number of amides is 1. The number of fused-ring (bicyclic) bond motifs is 1. The Morgan fingerprint density at radius 1 is 0.909 bits per heavy atom. The number of aliphatic hydroxyl groups is 1. The first-order chi connectivity index (χ1) is 16.0. The summed E-state index contributed by atoms with van der Waals surface area (Å²) < 4.78 is 5.66. The molecule has 0 aliphatic rings. The van der Waals surface area contributed by atoms with Crippen molar-refractivity contribution < 1.29 is 19.4 Å². The second kappa shape index (κ2) is 9.89. The molecule has 2 N–H and O–H groups in total. The predicted molar refractivity (Wildman–Crippen MR) is 127 cm³/mol. The Bertz CT molecular complexity index is 1320. The molecule has 1 amide bonds. The molecule has 0 bridgehead atoms. The fraction of sp³-hybridized carbons (Fsp3) is 0.0741. The first kappa shape index (κ1) is 21.9. The Morgan fingerprint density at radius 3 is 2.36 bits per heavy atom. The molecule has 1 atom stereocenters. The van der Waals surface area contributed by atoms with Crippen LogP contribution in [0.3, 0.4) is 0 Å². The quantitative estimate of drug-likeness (QED) is 0.200. The zero-order valence-corrected chi connectivity index (χ0v) is 17.9. The number of aryl methyl sites for hydroxylation is 1. The highest BCUT2D eigenvalue weighted by Crippen LogP contribution is 2.27. The number of ether oxygens (including phenoxy) is 1. The Balaban J connectivity index is 1.59. The molecule has 6 heteroatoms. The van der Waals surface area contributed by atoms with Gasteiger partial charge in [0, 0.05) is 5.56 Å². The van der Waals surface area contributed by atoms with Gasteiger partial charge in [-0.3, -0.25) is 4.79 Å². The normalized spacial score (nSPS) is 11.9.